The number of ether oxygens (including phenoxy) is 1. The number of nitrogens with one attached hydrogen (secondary N) is 2. The van der Waals surface area contributed by atoms with Gasteiger partial charge in [-0.3, -0.25) is 9.59 Å². The Morgan fingerprint density at radius 2 is 1.71 bits per heavy atom. The molecule has 0 radical (unpaired) electrons. The highest BCUT2D eigenvalue weighted by Gasteiger charge is 2.29. The van der Waals surface area contributed by atoms with Gasteiger partial charge in [-0.25, -0.2) is 4.39 Å². The van der Waals surface area contributed by atoms with Crippen LogP contribution in [0, 0.1) is 17.1 Å². The van der Waals surface area contributed by atoms with Gasteiger partial charge in [-0.1, -0.05) is 38.1 Å². The van der Waals surface area contributed by atoms with Crippen LogP contribution >= 0.6 is 0 Å². The normalized spacial score (nSPS) is 12.5. The first-order valence-corrected chi connectivity index (χ1v) is 13.8. The Bertz CT molecular complexity index is 1380. The second-order valence-electron chi connectivity index (χ2n) is 10.5. The lowest BCUT2D eigenvalue weighted by Crippen LogP contribution is -2.47. The van der Waals surface area contributed by atoms with Crippen LogP contribution in [0.4, 0.5) is 10.1 Å². The van der Waals surface area contributed by atoms with Crippen molar-refractivity contribution in [3.8, 4) is 17.6 Å². The van der Waals surface area contributed by atoms with E-state index in [1.807, 2.05) is 26.0 Å². The van der Waals surface area contributed by atoms with E-state index in [0.717, 1.165) is 12.8 Å². The number of fused-ring (bicyclic) bond motifs is 1. The van der Waals surface area contributed by atoms with Gasteiger partial charge in [-0.2, -0.15) is 5.26 Å². The summed E-state index contributed by atoms with van der Waals surface area (Å²) in [5, 5.41) is 15.8. The minimum atomic E-state index is -0.398. The van der Waals surface area contributed by atoms with Gasteiger partial charge in [0.05, 0.1) is 30.4 Å². The minimum Gasteiger partial charge on any atom is -0.455 e. The van der Waals surface area contributed by atoms with E-state index >= 15 is 0 Å². The lowest BCUT2D eigenvalue weighted by molar-refractivity contribution is -0.130. The van der Waals surface area contributed by atoms with Crippen molar-refractivity contribution in [1.29, 1.82) is 5.26 Å². The number of amides is 2. The molecule has 0 saturated heterocycles. The average Bonchev–Trinajstić information content (AvgIpc) is 3.40. The number of hydrogen-bond donors (Lipinski definition) is 2. The predicted molar refractivity (Wildman–Crippen MR) is 156 cm³/mol. The Morgan fingerprint density at radius 1 is 1.02 bits per heavy atom. The number of nitriles is 1. The van der Waals surface area contributed by atoms with Crippen molar-refractivity contribution in [1.82, 2.24) is 15.5 Å². The van der Waals surface area contributed by atoms with Crippen molar-refractivity contribution in [3.05, 3.63) is 89.2 Å². The van der Waals surface area contributed by atoms with Crippen LogP contribution in [0.1, 0.15) is 30.5 Å². The smallest absolute Gasteiger partial charge is 0.242 e. The molecule has 0 saturated carbocycles. The standard InChI is InChI=1S/C32H36FN5O3/c1-22(2)35-14-15-36-31(39)20-38(21-32(40)37(3)27-17-24-6-4-5-7-25(24)18-27)29-16-23(19-34)8-13-30(29)41-28-11-9-26(33)10-12-28/h4-13,16,22,27,35H,14-15,17-18,20-21H2,1-3H3,(H,36,39). The largest absolute Gasteiger partial charge is 0.455 e. The van der Waals surface area contributed by atoms with Gasteiger partial charge in [0.25, 0.3) is 0 Å². The molecule has 0 aliphatic heterocycles. The fourth-order valence-electron chi connectivity index (χ4n) is 4.86. The zero-order valence-electron chi connectivity index (χ0n) is 23.7. The number of halogens is 1. The van der Waals surface area contributed by atoms with E-state index in [9.17, 15) is 19.2 Å². The average molecular weight is 558 g/mol. The fraction of sp³-hybridized carbons (Fsp3) is 0.344. The van der Waals surface area contributed by atoms with Crippen LogP contribution < -0.4 is 20.3 Å². The summed E-state index contributed by atoms with van der Waals surface area (Å²) >= 11 is 0. The van der Waals surface area contributed by atoms with Gasteiger partial charge in [0.1, 0.15) is 11.6 Å². The summed E-state index contributed by atoms with van der Waals surface area (Å²) in [6, 6.07) is 21.0. The monoisotopic (exact) mass is 557 g/mol. The van der Waals surface area contributed by atoms with Gasteiger partial charge in [0.15, 0.2) is 5.75 Å². The highest BCUT2D eigenvalue weighted by atomic mass is 19.1. The number of carbonyl (C=O) groups excluding carboxylic acids is 2. The molecular formula is C32H36FN5O3. The summed E-state index contributed by atoms with van der Waals surface area (Å²) in [6.07, 6.45) is 1.54. The molecule has 3 aromatic carbocycles. The first-order valence-electron chi connectivity index (χ1n) is 13.8. The summed E-state index contributed by atoms with van der Waals surface area (Å²) < 4.78 is 19.5. The third-order valence-electron chi connectivity index (χ3n) is 7.10. The Hall–Kier alpha value is -4.42. The van der Waals surface area contributed by atoms with Gasteiger partial charge >= 0.3 is 0 Å². The lowest BCUT2D eigenvalue weighted by atomic mass is 10.1. The van der Waals surface area contributed by atoms with E-state index in [1.54, 1.807) is 35.0 Å². The maximum absolute atomic E-state index is 13.6. The van der Waals surface area contributed by atoms with Gasteiger partial charge in [-0.15, -0.1) is 0 Å². The Morgan fingerprint density at radius 3 is 2.34 bits per heavy atom. The summed E-state index contributed by atoms with van der Waals surface area (Å²) in [7, 11) is 1.79. The van der Waals surface area contributed by atoms with Crippen LogP contribution in [0.5, 0.6) is 11.5 Å². The van der Waals surface area contributed by atoms with Gasteiger partial charge in [0.2, 0.25) is 11.8 Å². The lowest BCUT2D eigenvalue weighted by Gasteiger charge is -2.30. The molecule has 0 spiro atoms. The molecule has 41 heavy (non-hydrogen) atoms. The molecule has 4 rings (SSSR count). The molecule has 3 aromatic rings. The molecule has 1 aliphatic rings. The molecule has 214 valence electrons. The SMILES string of the molecule is CC(C)NCCNC(=O)CN(CC(=O)N(C)C1Cc2ccccc2C1)c1cc(C#N)ccc1Oc1ccc(F)cc1. The second kappa shape index (κ2) is 13.8. The number of nitrogens with zero attached hydrogens (tertiary/aromatic N) is 3. The molecule has 0 aromatic heterocycles. The Kier molecular flexibility index (Phi) is 9.93. The number of rotatable bonds is 12. The van der Waals surface area contributed by atoms with Crippen molar-refractivity contribution in [2.75, 3.05) is 38.1 Å². The van der Waals surface area contributed by atoms with Gasteiger partial charge in [-0.05, 0) is 66.4 Å². The molecule has 0 atom stereocenters. The van der Waals surface area contributed by atoms with Gasteiger partial charge < -0.3 is 25.2 Å². The van der Waals surface area contributed by atoms with Crippen LogP contribution in [-0.2, 0) is 22.4 Å². The Labute approximate surface area is 240 Å². The third-order valence-corrected chi connectivity index (χ3v) is 7.10. The molecule has 0 bridgehead atoms. The second-order valence-corrected chi connectivity index (χ2v) is 10.5. The molecule has 2 amide bonds. The van der Waals surface area contributed by atoms with Crippen molar-refractivity contribution >= 4 is 17.5 Å². The first-order chi connectivity index (χ1) is 19.7. The fourth-order valence-corrected chi connectivity index (χ4v) is 4.86. The number of benzene rings is 3. The molecular weight excluding hydrogens is 521 g/mol. The van der Waals surface area contributed by atoms with Crippen molar-refractivity contribution < 1.29 is 18.7 Å². The highest BCUT2D eigenvalue weighted by Crippen LogP contribution is 2.34. The van der Waals surface area contributed by atoms with E-state index in [4.69, 9.17) is 4.74 Å². The molecule has 8 nitrogen and oxygen atoms in total. The van der Waals surface area contributed by atoms with Crippen molar-refractivity contribution in [2.45, 2.75) is 38.8 Å². The molecule has 0 unspecified atom stereocenters. The maximum Gasteiger partial charge on any atom is 0.242 e. The predicted octanol–water partition coefficient (Wildman–Crippen LogP) is 4.04. The van der Waals surface area contributed by atoms with Crippen LogP contribution in [0.15, 0.2) is 66.7 Å². The molecule has 0 fully saturated rings. The zero-order valence-corrected chi connectivity index (χ0v) is 23.7. The van der Waals surface area contributed by atoms with E-state index in [-0.39, 0.29) is 37.0 Å². The number of hydrogen-bond acceptors (Lipinski definition) is 6. The third kappa shape index (κ3) is 8.05. The first kappa shape index (κ1) is 29.6. The van der Waals surface area contributed by atoms with Crippen molar-refractivity contribution in [2.24, 2.45) is 0 Å². The van der Waals surface area contributed by atoms with E-state index in [2.05, 4.69) is 28.8 Å². The summed E-state index contributed by atoms with van der Waals surface area (Å²) in [5.41, 5.74) is 3.24. The topological polar surface area (TPSA) is 97.7 Å². The maximum atomic E-state index is 13.6. The molecule has 2 N–H and O–H groups in total. The van der Waals surface area contributed by atoms with E-state index < -0.39 is 5.82 Å². The molecule has 1 aliphatic carbocycles. The summed E-state index contributed by atoms with van der Waals surface area (Å²) in [5.74, 6) is -0.103. The number of carbonyl (C=O) groups is 2. The van der Waals surface area contributed by atoms with Crippen LogP contribution in [-0.4, -0.2) is 62.0 Å². The van der Waals surface area contributed by atoms with Crippen LogP contribution in [0.25, 0.3) is 0 Å². The minimum absolute atomic E-state index is 0.0121. The number of likely N-dealkylation sites (N-methyl/N-ethyl adjacent to an activating group) is 1. The van der Waals surface area contributed by atoms with Gasteiger partial charge in [0, 0.05) is 32.2 Å². The van der Waals surface area contributed by atoms with E-state index in [1.165, 1.54) is 35.4 Å². The van der Waals surface area contributed by atoms with Crippen LogP contribution in [0.3, 0.4) is 0 Å². The Balaban J connectivity index is 1.57. The zero-order chi connectivity index (χ0) is 29.4. The quantitative estimate of drug-likeness (QED) is 0.327. The van der Waals surface area contributed by atoms with Crippen LogP contribution in [0.2, 0.25) is 0 Å². The summed E-state index contributed by atoms with van der Waals surface area (Å²) in [6.45, 7) is 4.86. The molecule has 0 heterocycles. The van der Waals surface area contributed by atoms with E-state index in [0.29, 0.717) is 35.8 Å². The van der Waals surface area contributed by atoms with Crippen molar-refractivity contribution in [3.63, 3.8) is 0 Å². The molecule has 9 heteroatoms. The number of anilines is 1. The highest BCUT2D eigenvalue weighted by molar-refractivity contribution is 5.87. The summed E-state index contributed by atoms with van der Waals surface area (Å²) in [4.78, 5) is 30.0.